The Balaban J connectivity index is 2.33. The van der Waals surface area contributed by atoms with Crippen molar-refractivity contribution in [2.75, 3.05) is 5.32 Å². The van der Waals surface area contributed by atoms with E-state index in [9.17, 15) is 14.0 Å². The lowest BCUT2D eigenvalue weighted by atomic mass is 10.1. The first kappa shape index (κ1) is 12.7. The average Bonchev–Trinajstić information content (AvgIpc) is 2.75. The van der Waals surface area contributed by atoms with Crippen molar-refractivity contribution in [1.29, 1.82) is 0 Å². The third-order valence-corrected chi connectivity index (χ3v) is 2.51. The summed E-state index contributed by atoms with van der Waals surface area (Å²) in [6, 6.07) is 4.53. The van der Waals surface area contributed by atoms with Crippen LogP contribution in [0.25, 0.3) is 0 Å². The van der Waals surface area contributed by atoms with Gasteiger partial charge in [0.15, 0.2) is 0 Å². The van der Waals surface area contributed by atoms with Crippen LogP contribution in [-0.4, -0.2) is 26.8 Å². The molecule has 0 radical (unpaired) electrons. The van der Waals surface area contributed by atoms with E-state index in [0.29, 0.717) is 0 Å². The summed E-state index contributed by atoms with van der Waals surface area (Å²) in [5.41, 5.74) is -0.0452. The Morgan fingerprint density at radius 1 is 1.37 bits per heavy atom. The first-order chi connectivity index (χ1) is 8.99. The van der Waals surface area contributed by atoms with Crippen LogP contribution in [-0.2, 0) is 7.05 Å². The van der Waals surface area contributed by atoms with Crippen molar-refractivity contribution >= 4 is 17.6 Å². The van der Waals surface area contributed by atoms with Gasteiger partial charge in [0.05, 0.1) is 11.3 Å². The van der Waals surface area contributed by atoms with Crippen LogP contribution in [0.2, 0.25) is 0 Å². The monoisotopic (exact) mass is 263 g/mol. The normalized spacial score (nSPS) is 10.2. The maximum atomic E-state index is 13.1. The first-order valence-corrected chi connectivity index (χ1v) is 5.31. The number of hydrogen-bond donors (Lipinski definition) is 2. The zero-order valence-corrected chi connectivity index (χ0v) is 9.92. The number of amides is 1. The van der Waals surface area contributed by atoms with Gasteiger partial charge in [-0.25, -0.2) is 9.18 Å². The maximum Gasteiger partial charge on any atom is 0.337 e. The molecule has 0 bridgehead atoms. The molecule has 0 aliphatic rings. The van der Waals surface area contributed by atoms with E-state index in [1.807, 2.05) is 0 Å². The minimum absolute atomic E-state index is 0.0984. The van der Waals surface area contributed by atoms with E-state index in [0.717, 1.165) is 18.2 Å². The van der Waals surface area contributed by atoms with E-state index in [1.54, 1.807) is 7.05 Å². The molecule has 19 heavy (non-hydrogen) atoms. The predicted octanol–water partition coefficient (Wildman–Crippen LogP) is 1.51. The summed E-state index contributed by atoms with van der Waals surface area (Å²) in [7, 11) is 1.57. The number of carboxylic acid groups (broad SMARTS) is 1. The summed E-state index contributed by atoms with van der Waals surface area (Å²) in [5.74, 6) is -2.45. The molecule has 1 aromatic carbocycles. The zero-order valence-electron chi connectivity index (χ0n) is 9.92. The highest BCUT2D eigenvalue weighted by molar-refractivity contribution is 6.06. The highest BCUT2D eigenvalue weighted by Crippen LogP contribution is 2.18. The molecular weight excluding hydrogens is 253 g/mol. The van der Waals surface area contributed by atoms with Crippen molar-refractivity contribution in [3.05, 3.63) is 47.5 Å². The van der Waals surface area contributed by atoms with Gasteiger partial charge in [-0.1, -0.05) is 0 Å². The van der Waals surface area contributed by atoms with E-state index < -0.39 is 17.7 Å². The molecule has 0 saturated carbocycles. The summed E-state index contributed by atoms with van der Waals surface area (Å²) in [6.07, 6.45) is 1.43. The molecule has 0 fully saturated rings. The van der Waals surface area contributed by atoms with Gasteiger partial charge in [0, 0.05) is 13.2 Å². The van der Waals surface area contributed by atoms with Crippen LogP contribution in [0, 0.1) is 5.82 Å². The van der Waals surface area contributed by atoms with Gasteiger partial charge < -0.3 is 10.4 Å². The number of carbonyl (C=O) groups is 2. The summed E-state index contributed by atoms with van der Waals surface area (Å²) in [4.78, 5) is 22.9. The van der Waals surface area contributed by atoms with Crippen molar-refractivity contribution in [2.24, 2.45) is 7.05 Å². The zero-order chi connectivity index (χ0) is 14.0. The Kier molecular flexibility index (Phi) is 3.28. The van der Waals surface area contributed by atoms with E-state index in [2.05, 4.69) is 10.4 Å². The van der Waals surface area contributed by atoms with Gasteiger partial charge >= 0.3 is 5.97 Å². The number of carboxylic acids is 1. The molecule has 1 heterocycles. The molecule has 2 N–H and O–H groups in total. The third kappa shape index (κ3) is 2.59. The molecule has 6 nitrogen and oxygen atoms in total. The lowest BCUT2D eigenvalue weighted by Crippen LogP contribution is -2.18. The number of benzene rings is 1. The van der Waals surface area contributed by atoms with Crippen LogP contribution in [0.5, 0.6) is 0 Å². The number of rotatable bonds is 3. The second kappa shape index (κ2) is 4.89. The van der Waals surface area contributed by atoms with Crippen LogP contribution in [0.4, 0.5) is 10.1 Å². The summed E-state index contributed by atoms with van der Waals surface area (Å²) < 4.78 is 14.4. The highest BCUT2D eigenvalue weighted by atomic mass is 19.1. The van der Waals surface area contributed by atoms with Gasteiger partial charge in [-0.05, 0) is 24.3 Å². The Morgan fingerprint density at radius 3 is 2.68 bits per heavy atom. The number of hydrogen-bond acceptors (Lipinski definition) is 3. The van der Waals surface area contributed by atoms with Gasteiger partial charge in [-0.3, -0.25) is 9.48 Å². The van der Waals surface area contributed by atoms with Crippen LogP contribution in [0.1, 0.15) is 20.8 Å². The molecule has 0 spiro atoms. The van der Waals surface area contributed by atoms with Crippen LogP contribution < -0.4 is 5.32 Å². The highest BCUT2D eigenvalue weighted by Gasteiger charge is 2.16. The van der Waals surface area contributed by atoms with Gasteiger partial charge in [0.1, 0.15) is 11.5 Å². The number of nitrogens with zero attached hydrogens (tertiary/aromatic N) is 2. The molecule has 1 amide bonds. The fraction of sp³-hybridized carbons (Fsp3) is 0.0833. The van der Waals surface area contributed by atoms with Crippen molar-refractivity contribution < 1.29 is 19.1 Å². The molecule has 7 heteroatoms. The van der Waals surface area contributed by atoms with Gasteiger partial charge in [0.25, 0.3) is 5.91 Å². The lowest BCUT2D eigenvalue weighted by Gasteiger charge is -2.08. The van der Waals surface area contributed by atoms with Crippen LogP contribution in [0.15, 0.2) is 30.5 Å². The minimum Gasteiger partial charge on any atom is -0.478 e. The summed E-state index contributed by atoms with van der Waals surface area (Å²) in [5, 5.41) is 15.1. The van der Waals surface area contributed by atoms with Crippen molar-refractivity contribution in [1.82, 2.24) is 9.78 Å². The number of anilines is 1. The molecular formula is C12H10FN3O3. The fourth-order valence-electron chi connectivity index (χ4n) is 1.59. The van der Waals surface area contributed by atoms with Crippen molar-refractivity contribution in [3.8, 4) is 0 Å². The Hall–Kier alpha value is -2.70. The number of aromatic carboxylic acids is 1. The van der Waals surface area contributed by atoms with Gasteiger partial charge in [0.2, 0.25) is 0 Å². The number of aryl methyl sites for hydroxylation is 1. The molecule has 0 aliphatic heterocycles. The third-order valence-electron chi connectivity index (χ3n) is 2.51. The molecule has 0 aliphatic carbocycles. The first-order valence-electron chi connectivity index (χ1n) is 5.31. The molecule has 2 aromatic rings. The number of aromatic nitrogens is 2. The Bertz CT molecular complexity index is 651. The second-order valence-electron chi connectivity index (χ2n) is 3.79. The molecule has 0 unspecified atom stereocenters. The summed E-state index contributed by atoms with van der Waals surface area (Å²) >= 11 is 0. The fourth-order valence-corrected chi connectivity index (χ4v) is 1.59. The molecule has 0 saturated heterocycles. The average molecular weight is 263 g/mol. The van der Waals surface area contributed by atoms with Crippen molar-refractivity contribution in [2.45, 2.75) is 0 Å². The summed E-state index contributed by atoms with van der Waals surface area (Å²) in [6.45, 7) is 0. The largest absolute Gasteiger partial charge is 0.478 e. The topological polar surface area (TPSA) is 84.2 Å². The van der Waals surface area contributed by atoms with E-state index in [-0.39, 0.29) is 16.9 Å². The second-order valence-corrected chi connectivity index (χ2v) is 3.79. The maximum absolute atomic E-state index is 13.1. The van der Waals surface area contributed by atoms with Gasteiger partial charge in [-0.15, -0.1) is 0 Å². The van der Waals surface area contributed by atoms with Gasteiger partial charge in [-0.2, -0.15) is 5.10 Å². The minimum atomic E-state index is -1.25. The standard InChI is InChI=1S/C12H10FN3O3/c1-16-10(4-5-14-16)11(17)15-9-6-7(13)2-3-8(9)12(18)19/h2-6H,1H3,(H,15,17)(H,18,19). The quantitative estimate of drug-likeness (QED) is 0.879. The lowest BCUT2D eigenvalue weighted by molar-refractivity contribution is 0.0698. The van der Waals surface area contributed by atoms with Crippen LogP contribution >= 0.6 is 0 Å². The Labute approximate surface area is 107 Å². The SMILES string of the molecule is Cn1nccc1C(=O)Nc1cc(F)ccc1C(=O)O. The number of carbonyl (C=O) groups excluding carboxylic acids is 1. The Morgan fingerprint density at radius 2 is 2.11 bits per heavy atom. The number of nitrogens with one attached hydrogen (secondary N) is 1. The van der Waals surface area contributed by atoms with Crippen LogP contribution in [0.3, 0.4) is 0 Å². The number of halogens is 1. The predicted molar refractivity (Wildman–Crippen MR) is 64.5 cm³/mol. The smallest absolute Gasteiger partial charge is 0.337 e. The molecule has 0 atom stereocenters. The van der Waals surface area contributed by atoms with Crippen molar-refractivity contribution in [3.63, 3.8) is 0 Å². The molecule has 98 valence electrons. The van der Waals surface area contributed by atoms with E-state index >= 15 is 0 Å². The van der Waals surface area contributed by atoms with E-state index in [1.165, 1.54) is 16.9 Å². The van der Waals surface area contributed by atoms with E-state index in [4.69, 9.17) is 5.11 Å². The molecule has 1 aromatic heterocycles. The molecule has 2 rings (SSSR count).